The maximum absolute atomic E-state index is 14.4. The van der Waals surface area contributed by atoms with Crippen molar-refractivity contribution in [2.24, 2.45) is 0 Å². The van der Waals surface area contributed by atoms with Gasteiger partial charge in [0.1, 0.15) is 10.7 Å². The van der Waals surface area contributed by atoms with Crippen molar-refractivity contribution in [3.63, 3.8) is 0 Å². The van der Waals surface area contributed by atoms with E-state index in [0.717, 1.165) is 34.7 Å². The summed E-state index contributed by atoms with van der Waals surface area (Å²) in [7, 11) is 0. The minimum absolute atomic E-state index is 0.0895. The molecule has 2 amide bonds. The van der Waals surface area contributed by atoms with E-state index in [1.165, 1.54) is 32.4 Å². The van der Waals surface area contributed by atoms with E-state index in [2.05, 4.69) is 25.6 Å². The predicted molar refractivity (Wildman–Crippen MR) is 172 cm³/mol. The molecule has 9 nitrogen and oxygen atoms in total. The van der Waals surface area contributed by atoms with Gasteiger partial charge >= 0.3 is 0 Å². The van der Waals surface area contributed by atoms with Gasteiger partial charge in [0.2, 0.25) is 0 Å². The number of aromatic nitrogens is 3. The van der Waals surface area contributed by atoms with Crippen molar-refractivity contribution in [3.05, 3.63) is 111 Å². The van der Waals surface area contributed by atoms with E-state index in [4.69, 9.17) is 0 Å². The molecule has 45 heavy (non-hydrogen) atoms. The Hall–Kier alpha value is -4.06. The molecule has 0 spiro atoms. The normalized spacial score (nSPS) is 16.4. The second kappa shape index (κ2) is 14.4. The number of rotatable bonds is 12. The number of benzene rings is 1. The van der Waals surface area contributed by atoms with Crippen LogP contribution >= 0.6 is 11.3 Å². The first-order valence-corrected chi connectivity index (χ1v) is 16.0. The van der Waals surface area contributed by atoms with Crippen molar-refractivity contribution in [2.45, 2.75) is 70.4 Å². The smallest absolute Gasteiger partial charge is 0.256 e. The third-order valence-electron chi connectivity index (χ3n) is 7.93. The molecule has 4 heterocycles. The largest absolute Gasteiger partial charge is 0.390 e. The SMILES string of the molecule is Cc1csc(C2CCCN2C(=O)c2cncc(C(=O)N[C@@H](Cc3ccccc3)[C@H](O)CNCc3cncc(C(C)(C)F)c3)c2)n1. The first-order valence-electron chi connectivity index (χ1n) is 15.1. The van der Waals surface area contributed by atoms with E-state index in [1.807, 2.05) is 47.5 Å². The Morgan fingerprint density at radius 3 is 2.58 bits per heavy atom. The highest BCUT2D eigenvalue weighted by molar-refractivity contribution is 7.09. The summed E-state index contributed by atoms with van der Waals surface area (Å²) in [6.07, 6.45) is 7.23. The number of hydrogen-bond acceptors (Lipinski definition) is 8. The number of aliphatic hydroxyl groups excluding tert-OH is 1. The molecule has 1 fully saturated rings. The van der Waals surface area contributed by atoms with Crippen LogP contribution in [0, 0.1) is 6.92 Å². The molecule has 1 saturated heterocycles. The van der Waals surface area contributed by atoms with Crippen LogP contribution < -0.4 is 10.6 Å². The zero-order chi connectivity index (χ0) is 32.0. The quantitative estimate of drug-likeness (QED) is 0.203. The van der Waals surface area contributed by atoms with Gasteiger partial charge < -0.3 is 20.6 Å². The lowest BCUT2D eigenvalue weighted by Gasteiger charge is -2.25. The third kappa shape index (κ3) is 8.36. The molecular formula is C34H39FN6O3S. The number of likely N-dealkylation sites (tertiary alicyclic amines) is 1. The van der Waals surface area contributed by atoms with Gasteiger partial charge in [-0.2, -0.15) is 0 Å². The Balaban J connectivity index is 1.26. The van der Waals surface area contributed by atoms with Crippen LogP contribution in [0.3, 0.4) is 0 Å². The first-order chi connectivity index (χ1) is 21.6. The Morgan fingerprint density at radius 2 is 1.84 bits per heavy atom. The van der Waals surface area contributed by atoms with Crippen LogP contribution in [0.2, 0.25) is 0 Å². The Morgan fingerprint density at radius 1 is 1.09 bits per heavy atom. The molecule has 1 aromatic carbocycles. The number of carbonyl (C=O) groups is 2. The molecule has 1 aliphatic heterocycles. The van der Waals surface area contributed by atoms with Crippen LogP contribution in [-0.2, 0) is 18.6 Å². The van der Waals surface area contributed by atoms with E-state index in [1.54, 1.807) is 29.7 Å². The topological polar surface area (TPSA) is 120 Å². The summed E-state index contributed by atoms with van der Waals surface area (Å²) in [6.45, 7) is 6.06. The van der Waals surface area contributed by atoms with Gasteiger partial charge in [0.05, 0.1) is 29.3 Å². The number of halogens is 1. The van der Waals surface area contributed by atoms with Crippen LogP contribution in [0.15, 0.2) is 72.6 Å². The minimum Gasteiger partial charge on any atom is -0.390 e. The summed E-state index contributed by atoms with van der Waals surface area (Å²) in [5.41, 5.74) is 2.19. The van der Waals surface area contributed by atoms with Crippen LogP contribution in [0.4, 0.5) is 4.39 Å². The van der Waals surface area contributed by atoms with E-state index in [0.29, 0.717) is 30.6 Å². The fraction of sp³-hybridized carbons (Fsp3) is 0.382. The summed E-state index contributed by atoms with van der Waals surface area (Å²) >= 11 is 1.56. The number of aliphatic hydroxyl groups is 1. The summed E-state index contributed by atoms with van der Waals surface area (Å²) in [6, 6.07) is 12.2. The average molecular weight is 631 g/mol. The zero-order valence-corrected chi connectivity index (χ0v) is 26.6. The second-order valence-corrected chi connectivity index (χ2v) is 12.9. The molecule has 3 atom stereocenters. The fourth-order valence-corrected chi connectivity index (χ4v) is 6.40. The van der Waals surface area contributed by atoms with Crippen LogP contribution in [0.5, 0.6) is 0 Å². The Bertz CT molecular complexity index is 1610. The van der Waals surface area contributed by atoms with Gasteiger partial charge in [0, 0.05) is 61.1 Å². The number of nitrogens with zero attached hydrogens (tertiary/aromatic N) is 4. The van der Waals surface area contributed by atoms with Gasteiger partial charge in [-0.25, -0.2) is 9.37 Å². The second-order valence-electron chi connectivity index (χ2n) is 12.0. The number of alkyl halides is 1. The highest BCUT2D eigenvalue weighted by atomic mass is 32.1. The van der Waals surface area contributed by atoms with Crippen LogP contribution in [-0.4, -0.2) is 62.0 Å². The number of carbonyl (C=O) groups excluding carboxylic acids is 2. The molecule has 236 valence electrons. The fourth-order valence-electron chi connectivity index (χ4n) is 5.46. The van der Waals surface area contributed by atoms with Gasteiger partial charge in [-0.1, -0.05) is 30.3 Å². The molecule has 11 heteroatoms. The van der Waals surface area contributed by atoms with E-state index in [-0.39, 0.29) is 24.1 Å². The van der Waals surface area contributed by atoms with Gasteiger partial charge in [-0.3, -0.25) is 19.6 Å². The molecule has 0 bridgehead atoms. The van der Waals surface area contributed by atoms with Crippen molar-refractivity contribution in [1.29, 1.82) is 0 Å². The average Bonchev–Trinajstić information content (AvgIpc) is 3.70. The lowest BCUT2D eigenvalue weighted by Crippen LogP contribution is -2.48. The maximum atomic E-state index is 14.4. The molecule has 4 aromatic rings. The van der Waals surface area contributed by atoms with Gasteiger partial charge in [0.25, 0.3) is 11.8 Å². The number of hydrogen-bond donors (Lipinski definition) is 3. The number of aryl methyl sites for hydroxylation is 1. The van der Waals surface area contributed by atoms with Gasteiger partial charge in [-0.15, -0.1) is 11.3 Å². The maximum Gasteiger partial charge on any atom is 0.256 e. The summed E-state index contributed by atoms with van der Waals surface area (Å²) in [4.78, 5) is 41.8. The van der Waals surface area contributed by atoms with Crippen molar-refractivity contribution in [2.75, 3.05) is 13.1 Å². The Kier molecular flexibility index (Phi) is 10.3. The number of nitrogens with one attached hydrogen (secondary N) is 2. The molecule has 0 saturated carbocycles. The van der Waals surface area contributed by atoms with E-state index in [9.17, 15) is 19.1 Å². The van der Waals surface area contributed by atoms with Crippen molar-refractivity contribution >= 4 is 23.2 Å². The van der Waals surface area contributed by atoms with Gasteiger partial charge in [0.15, 0.2) is 0 Å². The standard InChI is InChI=1S/C34H39FN6O3S/c1-22-21-45-32(39-22)29-10-7-11-41(29)33(44)26-14-25(17-38-18-26)31(43)40-28(13-23-8-5-4-6-9-23)30(42)20-37-16-24-12-27(19-36-15-24)34(2,3)35/h4-6,8-9,12,14-15,17-19,21,28-30,37,42H,7,10-11,13,16,20H2,1-3H3,(H,40,43)/t28-,29?,30+/m0/s1. The summed E-state index contributed by atoms with van der Waals surface area (Å²) in [5, 5.41) is 20.3. The lowest BCUT2D eigenvalue weighted by atomic mass is 10.00. The molecular weight excluding hydrogens is 591 g/mol. The molecule has 5 rings (SSSR count). The summed E-state index contributed by atoms with van der Waals surface area (Å²) in [5.74, 6) is -0.625. The number of thiazole rings is 1. The van der Waals surface area contributed by atoms with Crippen LogP contribution in [0.25, 0.3) is 0 Å². The van der Waals surface area contributed by atoms with Crippen molar-refractivity contribution < 1.29 is 19.1 Å². The monoisotopic (exact) mass is 630 g/mol. The van der Waals surface area contributed by atoms with Crippen molar-refractivity contribution in [3.8, 4) is 0 Å². The lowest BCUT2D eigenvalue weighted by molar-refractivity contribution is 0.0735. The molecule has 3 N–H and O–H groups in total. The van der Waals surface area contributed by atoms with Gasteiger partial charge in [-0.05, 0) is 63.3 Å². The number of amides is 2. The molecule has 3 aromatic heterocycles. The highest BCUT2D eigenvalue weighted by Gasteiger charge is 2.33. The first kappa shape index (κ1) is 32.3. The molecule has 1 aliphatic rings. The minimum atomic E-state index is -1.51. The molecule has 0 aliphatic carbocycles. The number of pyridine rings is 2. The third-order valence-corrected chi connectivity index (χ3v) is 8.99. The van der Waals surface area contributed by atoms with Crippen LogP contribution in [0.1, 0.15) is 80.8 Å². The zero-order valence-electron chi connectivity index (χ0n) is 25.7. The van der Waals surface area contributed by atoms with E-state index < -0.39 is 23.7 Å². The highest BCUT2D eigenvalue weighted by Crippen LogP contribution is 2.34. The van der Waals surface area contributed by atoms with Crippen molar-refractivity contribution in [1.82, 2.24) is 30.5 Å². The predicted octanol–water partition coefficient (Wildman–Crippen LogP) is 4.92. The molecule has 0 radical (unpaired) electrons. The molecule has 1 unspecified atom stereocenters. The summed E-state index contributed by atoms with van der Waals surface area (Å²) < 4.78 is 14.4. The van der Waals surface area contributed by atoms with E-state index >= 15 is 0 Å². The Labute approximate surface area is 267 Å².